The van der Waals surface area contributed by atoms with Crippen molar-refractivity contribution in [2.45, 2.75) is 25.7 Å². The molecule has 0 unspecified atom stereocenters. The lowest BCUT2D eigenvalue weighted by atomic mass is 9.80. The van der Waals surface area contributed by atoms with Crippen molar-refractivity contribution < 1.29 is 10.0 Å². The Morgan fingerprint density at radius 2 is 2.18 bits per heavy atom. The second-order valence-corrected chi connectivity index (χ2v) is 5.44. The molecular formula is C12H18BNO2S. The maximum atomic E-state index is 9.05. The molecular weight excluding hydrogens is 233 g/mol. The average molecular weight is 251 g/mol. The molecule has 3 nitrogen and oxygen atoms in total. The number of nitrogens with one attached hydrogen (secondary N) is 1. The third-order valence-corrected chi connectivity index (χ3v) is 3.80. The van der Waals surface area contributed by atoms with Crippen LogP contribution in [-0.2, 0) is 0 Å². The van der Waals surface area contributed by atoms with Crippen LogP contribution in [0.15, 0.2) is 24.3 Å². The minimum atomic E-state index is -1.39. The predicted molar refractivity (Wildman–Crippen MR) is 74.3 cm³/mol. The standard InChI is InChI=1S/C12H18BNO2S/c15-13(16)11-4-1-5-12(9-11)14-17-8-2-3-10-6-7-10/h1,4-5,9-10,14-16H,2-3,6-8H2. The molecule has 1 saturated carbocycles. The van der Waals surface area contributed by atoms with E-state index in [0.717, 1.165) is 17.4 Å². The van der Waals surface area contributed by atoms with E-state index in [1.165, 1.54) is 25.7 Å². The van der Waals surface area contributed by atoms with Crippen LogP contribution in [0.4, 0.5) is 5.69 Å². The first-order valence-corrected chi connectivity index (χ1v) is 7.08. The minimum Gasteiger partial charge on any atom is -0.423 e. The molecule has 3 N–H and O–H groups in total. The summed E-state index contributed by atoms with van der Waals surface area (Å²) in [5.41, 5.74) is 1.45. The molecule has 92 valence electrons. The van der Waals surface area contributed by atoms with E-state index in [1.807, 2.05) is 12.1 Å². The zero-order valence-electron chi connectivity index (χ0n) is 9.80. The third-order valence-electron chi connectivity index (χ3n) is 2.93. The molecule has 0 amide bonds. The summed E-state index contributed by atoms with van der Waals surface area (Å²) >= 11 is 1.68. The van der Waals surface area contributed by atoms with Gasteiger partial charge in [0.05, 0.1) is 0 Å². The van der Waals surface area contributed by atoms with E-state index in [4.69, 9.17) is 10.0 Å². The first-order chi connectivity index (χ1) is 8.25. The van der Waals surface area contributed by atoms with Gasteiger partial charge < -0.3 is 14.8 Å². The van der Waals surface area contributed by atoms with Crippen LogP contribution in [0.2, 0.25) is 0 Å². The van der Waals surface area contributed by atoms with Crippen LogP contribution >= 0.6 is 11.9 Å². The van der Waals surface area contributed by atoms with Crippen molar-refractivity contribution in [1.29, 1.82) is 0 Å². The second-order valence-electron chi connectivity index (χ2n) is 4.54. The summed E-state index contributed by atoms with van der Waals surface area (Å²) in [6.07, 6.45) is 5.46. The summed E-state index contributed by atoms with van der Waals surface area (Å²) < 4.78 is 3.23. The van der Waals surface area contributed by atoms with Gasteiger partial charge >= 0.3 is 7.12 Å². The lowest BCUT2D eigenvalue weighted by molar-refractivity contribution is 0.426. The van der Waals surface area contributed by atoms with Crippen LogP contribution in [0.1, 0.15) is 25.7 Å². The normalized spacial score (nSPS) is 14.7. The Kier molecular flexibility index (Phi) is 4.77. The second kappa shape index (κ2) is 6.33. The van der Waals surface area contributed by atoms with E-state index < -0.39 is 7.12 Å². The van der Waals surface area contributed by atoms with Crippen LogP contribution in [-0.4, -0.2) is 22.9 Å². The fourth-order valence-corrected chi connectivity index (χ4v) is 2.45. The molecule has 0 aliphatic heterocycles. The molecule has 0 radical (unpaired) electrons. The molecule has 5 heteroatoms. The van der Waals surface area contributed by atoms with Gasteiger partial charge in [-0.3, -0.25) is 0 Å². The van der Waals surface area contributed by atoms with E-state index in [2.05, 4.69) is 4.72 Å². The Morgan fingerprint density at radius 3 is 2.88 bits per heavy atom. The molecule has 1 aliphatic rings. The molecule has 1 aromatic carbocycles. The van der Waals surface area contributed by atoms with Crippen molar-refractivity contribution in [3.63, 3.8) is 0 Å². The fraction of sp³-hybridized carbons (Fsp3) is 0.500. The van der Waals surface area contributed by atoms with Gasteiger partial charge in [-0.05, 0) is 36.4 Å². The molecule has 0 spiro atoms. The van der Waals surface area contributed by atoms with Crippen molar-refractivity contribution in [3.05, 3.63) is 24.3 Å². The van der Waals surface area contributed by atoms with Gasteiger partial charge in [0.2, 0.25) is 0 Å². The number of hydrogen-bond donors (Lipinski definition) is 3. The van der Waals surface area contributed by atoms with Crippen LogP contribution in [0.25, 0.3) is 0 Å². The number of hydrogen-bond acceptors (Lipinski definition) is 4. The molecule has 2 rings (SSSR count). The molecule has 1 aliphatic carbocycles. The monoisotopic (exact) mass is 251 g/mol. The van der Waals surface area contributed by atoms with E-state index >= 15 is 0 Å². The van der Waals surface area contributed by atoms with E-state index in [0.29, 0.717) is 5.46 Å². The maximum Gasteiger partial charge on any atom is 0.488 e. The highest BCUT2D eigenvalue weighted by Crippen LogP contribution is 2.33. The van der Waals surface area contributed by atoms with Gasteiger partial charge in [-0.2, -0.15) is 0 Å². The van der Waals surface area contributed by atoms with E-state index in [9.17, 15) is 0 Å². The number of benzene rings is 1. The number of rotatable bonds is 7. The largest absolute Gasteiger partial charge is 0.488 e. The first kappa shape index (κ1) is 12.8. The van der Waals surface area contributed by atoms with E-state index in [-0.39, 0.29) is 0 Å². The summed E-state index contributed by atoms with van der Waals surface area (Å²) in [6, 6.07) is 7.22. The minimum absolute atomic E-state index is 0.522. The zero-order chi connectivity index (χ0) is 12.1. The average Bonchev–Trinajstić information content (AvgIpc) is 3.13. The Bertz CT molecular complexity index is 358. The van der Waals surface area contributed by atoms with Crippen LogP contribution < -0.4 is 10.2 Å². The Hall–Kier alpha value is -0.645. The van der Waals surface area contributed by atoms with Gasteiger partial charge in [0.25, 0.3) is 0 Å². The molecule has 0 bridgehead atoms. The molecule has 0 atom stereocenters. The van der Waals surface area contributed by atoms with Gasteiger partial charge in [0.1, 0.15) is 0 Å². The summed E-state index contributed by atoms with van der Waals surface area (Å²) in [6.45, 7) is 0. The quantitative estimate of drug-likeness (QED) is 0.391. The summed E-state index contributed by atoms with van der Waals surface area (Å²) in [5.74, 6) is 2.10. The van der Waals surface area contributed by atoms with Gasteiger partial charge in [-0.1, -0.05) is 36.9 Å². The molecule has 0 saturated heterocycles. The van der Waals surface area contributed by atoms with Gasteiger partial charge in [0.15, 0.2) is 0 Å². The molecule has 0 heterocycles. The van der Waals surface area contributed by atoms with Crippen molar-refractivity contribution >= 4 is 30.2 Å². The lowest BCUT2D eigenvalue weighted by Crippen LogP contribution is -2.29. The molecule has 1 aromatic rings. The van der Waals surface area contributed by atoms with Crippen molar-refractivity contribution in [2.75, 3.05) is 10.5 Å². The third kappa shape index (κ3) is 4.62. The molecule has 17 heavy (non-hydrogen) atoms. The Labute approximate surface area is 107 Å². The van der Waals surface area contributed by atoms with Gasteiger partial charge in [-0.15, -0.1) is 0 Å². The van der Waals surface area contributed by atoms with E-state index in [1.54, 1.807) is 24.1 Å². The highest BCUT2D eigenvalue weighted by Gasteiger charge is 2.19. The lowest BCUT2D eigenvalue weighted by Gasteiger charge is -2.07. The molecule has 1 fully saturated rings. The highest BCUT2D eigenvalue weighted by atomic mass is 32.2. The van der Waals surface area contributed by atoms with Crippen molar-refractivity contribution in [2.24, 2.45) is 5.92 Å². The van der Waals surface area contributed by atoms with Crippen LogP contribution in [0.5, 0.6) is 0 Å². The van der Waals surface area contributed by atoms with Crippen LogP contribution in [0, 0.1) is 5.92 Å². The summed E-state index contributed by atoms with van der Waals surface area (Å²) in [7, 11) is -1.39. The predicted octanol–water partition coefficient (Wildman–Crippen LogP) is 1.62. The number of anilines is 1. The van der Waals surface area contributed by atoms with Gasteiger partial charge in [-0.25, -0.2) is 0 Å². The molecule has 0 aromatic heterocycles. The Balaban J connectivity index is 1.68. The summed E-state index contributed by atoms with van der Waals surface area (Å²) in [5, 5.41) is 18.1. The maximum absolute atomic E-state index is 9.05. The first-order valence-electron chi connectivity index (χ1n) is 6.09. The highest BCUT2D eigenvalue weighted by molar-refractivity contribution is 8.00. The fourth-order valence-electron chi connectivity index (χ4n) is 1.75. The topological polar surface area (TPSA) is 52.5 Å². The van der Waals surface area contributed by atoms with Crippen molar-refractivity contribution in [3.8, 4) is 0 Å². The zero-order valence-corrected chi connectivity index (χ0v) is 10.6. The SMILES string of the molecule is OB(O)c1cccc(NSCCCC2CC2)c1. The van der Waals surface area contributed by atoms with Crippen molar-refractivity contribution in [1.82, 2.24) is 0 Å². The smallest absolute Gasteiger partial charge is 0.423 e. The summed E-state index contributed by atoms with van der Waals surface area (Å²) in [4.78, 5) is 0. The van der Waals surface area contributed by atoms with Crippen LogP contribution in [0.3, 0.4) is 0 Å². The Morgan fingerprint density at radius 1 is 1.35 bits per heavy atom. The van der Waals surface area contributed by atoms with Gasteiger partial charge in [0, 0.05) is 11.4 Å².